The fraction of sp³-hybridized carbons (Fsp3) is 0.628. The van der Waals surface area contributed by atoms with Gasteiger partial charge in [0.2, 0.25) is 5.91 Å². The molecule has 1 aromatic carbocycles. The third kappa shape index (κ3) is 13.6. The van der Waals surface area contributed by atoms with E-state index in [2.05, 4.69) is 83.2 Å². The molecule has 1 saturated heterocycles. The van der Waals surface area contributed by atoms with E-state index in [1.807, 2.05) is 13.1 Å². The van der Waals surface area contributed by atoms with Gasteiger partial charge < -0.3 is 50.4 Å². The summed E-state index contributed by atoms with van der Waals surface area (Å²) in [5.41, 5.74) is 10.2. The number of nitrogens with two attached hydrogens (primary N) is 1. The van der Waals surface area contributed by atoms with Gasteiger partial charge in [0, 0.05) is 50.9 Å². The van der Waals surface area contributed by atoms with Crippen molar-refractivity contribution in [2.24, 2.45) is 5.73 Å². The maximum absolute atomic E-state index is 11.6. The number of methoxy groups -OCH3 is 3. The molecule has 3 aromatic rings. The quantitative estimate of drug-likeness (QED) is 0.0815. The summed E-state index contributed by atoms with van der Waals surface area (Å²) in [5, 5.41) is 12.3. The molecule has 16 heteroatoms. The summed E-state index contributed by atoms with van der Waals surface area (Å²) < 4.78 is 13.0. The number of imidazole rings is 2. The maximum Gasteiger partial charge on any atom is 0.407 e. The predicted molar refractivity (Wildman–Crippen MR) is 226 cm³/mol. The van der Waals surface area contributed by atoms with Gasteiger partial charge in [0.05, 0.1) is 38.3 Å². The molecule has 4 fully saturated rings. The average molecular weight is 825 g/mol. The number of hydrogen-bond acceptors (Lipinski definition) is 11. The van der Waals surface area contributed by atoms with E-state index in [0.29, 0.717) is 24.2 Å². The molecule has 3 unspecified atom stereocenters. The molecule has 0 radical (unpaired) electrons. The number of H-pyrrole nitrogens is 2. The number of aromatic nitrogens is 4. The van der Waals surface area contributed by atoms with Crippen LogP contribution >= 0.6 is 0 Å². The fourth-order valence-electron chi connectivity index (χ4n) is 8.26. The molecule has 328 valence electrons. The van der Waals surface area contributed by atoms with Crippen LogP contribution in [0.1, 0.15) is 120 Å². The van der Waals surface area contributed by atoms with Crippen LogP contribution in [0.5, 0.6) is 0 Å². The van der Waals surface area contributed by atoms with Crippen molar-refractivity contribution in [3.05, 3.63) is 59.6 Å². The molecular formula is C43H68N8O8. The van der Waals surface area contributed by atoms with Crippen LogP contribution in [0, 0.1) is 0 Å². The zero-order valence-corrected chi connectivity index (χ0v) is 36.1. The molecule has 16 nitrogen and oxygen atoms in total. The number of aryl methyl sites for hydroxylation is 1. The van der Waals surface area contributed by atoms with E-state index in [9.17, 15) is 19.2 Å². The molecular weight excluding hydrogens is 757 g/mol. The first kappa shape index (κ1) is 48.6. The van der Waals surface area contributed by atoms with E-state index < -0.39 is 18.2 Å². The minimum Gasteiger partial charge on any atom is -0.453 e. The van der Waals surface area contributed by atoms with E-state index in [1.54, 1.807) is 6.92 Å². The van der Waals surface area contributed by atoms with Crippen LogP contribution in [0.3, 0.4) is 0 Å². The van der Waals surface area contributed by atoms with Crippen LogP contribution in [-0.2, 0) is 41.1 Å². The molecule has 3 saturated carbocycles. The largest absolute Gasteiger partial charge is 0.453 e. The van der Waals surface area contributed by atoms with Gasteiger partial charge in [0.25, 0.3) is 0 Å². The normalized spacial score (nSPS) is 21.5. The Labute approximate surface area is 349 Å². The number of benzene rings is 1. The van der Waals surface area contributed by atoms with E-state index >= 15 is 0 Å². The zero-order chi connectivity index (χ0) is 43.4. The van der Waals surface area contributed by atoms with Gasteiger partial charge >= 0.3 is 12.2 Å². The first-order chi connectivity index (χ1) is 28.4. The number of likely N-dealkylation sites (tertiary alicyclic amines) is 1. The van der Waals surface area contributed by atoms with Crippen molar-refractivity contribution >= 4 is 24.4 Å². The standard InChI is InChI=1S/C33H46N6O.C7H13NO4.C2H5NO2.CH4O/c1-3-7-30(40)34-20-5-4-9-29-35-22-26(37-29)24-10-12-25(13-11-24)32-14-17-33(18-15-32,19-16-32)28-23-36-31(38-28)27-8-6-21-39(27)2;1-5(11-2)6(4-9)8-7(10)12-3;1-5-2(3)4;1-2/h10-13,22-23,27H,3-9,14-21H2,1-2H3,(H,34,40)(H,35,37)(H,36,38);4-6H,1-3H3,(H,8,10);1H3,(H2,3,4);2H,1H3. The number of aliphatic hydroxyl groups excluding tert-OH is 1. The Balaban J connectivity index is 0.000000411. The fourth-order valence-corrected chi connectivity index (χ4v) is 8.26. The smallest absolute Gasteiger partial charge is 0.407 e. The SMILES string of the molecule is CCCC(=O)NCCCCc1ncc(-c2ccc(C34CCC(c5cnc(C6CCCN6C)[nH]5)(CC3)CC4)cc2)[nH]1.CO.COC(=O)NC(C=O)C(C)OC.COC(N)=O. The van der Waals surface area contributed by atoms with Gasteiger partial charge in [-0.1, -0.05) is 31.2 Å². The number of ether oxygens (including phenoxy) is 3. The van der Waals surface area contributed by atoms with E-state index in [-0.39, 0.29) is 17.4 Å². The monoisotopic (exact) mass is 825 g/mol. The van der Waals surface area contributed by atoms with Crippen molar-refractivity contribution in [3.8, 4) is 11.3 Å². The lowest BCUT2D eigenvalue weighted by molar-refractivity contribution is -0.121. The number of rotatable bonds is 15. The van der Waals surface area contributed by atoms with Crippen LogP contribution in [0.4, 0.5) is 9.59 Å². The molecule has 0 spiro atoms. The molecule has 3 amide bonds. The molecule has 3 atom stereocenters. The Morgan fingerprint density at radius 2 is 1.63 bits per heavy atom. The van der Waals surface area contributed by atoms with Gasteiger partial charge in [-0.25, -0.2) is 19.6 Å². The molecule has 7 N–H and O–H groups in total. The van der Waals surface area contributed by atoms with Crippen molar-refractivity contribution in [1.29, 1.82) is 0 Å². The van der Waals surface area contributed by atoms with Crippen LogP contribution < -0.4 is 16.4 Å². The lowest BCUT2D eigenvalue weighted by atomic mass is 9.51. The minimum absolute atomic E-state index is 0.158. The number of aldehydes is 1. The third-order valence-corrected chi connectivity index (χ3v) is 12.0. The van der Waals surface area contributed by atoms with Gasteiger partial charge in [-0.15, -0.1) is 0 Å². The van der Waals surface area contributed by atoms with Crippen LogP contribution in [0.25, 0.3) is 11.3 Å². The van der Waals surface area contributed by atoms with Gasteiger partial charge in [-0.3, -0.25) is 9.69 Å². The topological polar surface area (TPSA) is 227 Å². The number of nitrogens with zero attached hydrogens (tertiary/aromatic N) is 3. The van der Waals surface area contributed by atoms with Gasteiger partial charge in [-0.05, 0) is 108 Å². The number of aliphatic hydroxyl groups is 1. The van der Waals surface area contributed by atoms with Gasteiger partial charge in [0.15, 0.2) is 0 Å². The number of alkyl carbamates (subject to hydrolysis) is 1. The number of primary amides is 1. The van der Waals surface area contributed by atoms with Gasteiger partial charge in [-0.2, -0.15) is 0 Å². The zero-order valence-electron chi connectivity index (χ0n) is 36.1. The lowest BCUT2D eigenvalue weighted by Crippen LogP contribution is -2.46. The number of fused-ring (bicyclic) bond motifs is 3. The lowest BCUT2D eigenvalue weighted by Gasteiger charge is -2.53. The van der Waals surface area contributed by atoms with E-state index in [4.69, 9.17) is 14.8 Å². The van der Waals surface area contributed by atoms with E-state index in [0.717, 1.165) is 50.9 Å². The number of aromatic amines is 2. The first-order valence-electron chi connectivity index (χ1n) is 20.7. The number of nitrogens with one attached hydrogen (secondary N) is 4. The van der Waals surface area contributed by atoms with Crippen molar-refractivity contribution in [2.75, 3.05) is 48.6 Å². The highest BCUT2D eigenvalue weighted by molar-refractivity contribution is 5.75. The Hall–Kier alpha value is -4.80. The average Bonchev–Trinajstić information content (AvgIpc) is 4.06. The summed E-state index contributed by atoms with van der Waals surface area (Å²) in [7, 11) is 7.14. The number of amides is 3. The van der Waals surface area contributed by atoms with Gasteiger partial charge in [0.1, 0.15) is 24.0 Å². The summed E-state index contributed by atoms with van der Waals surface area (Å²) in [6, 6.07) is 9.10. The highest BCUT2D eigenvalue weighted by atomic mass is 16.5. The van der Waals surface area contributed by atoms with Crippen molar-refractivity contribution in [2.45, 2.75) is 126 Å². The molecule has 3 heterocycles. The van der Waals surface area contributed by atoms with Crippen molar-refractivity contribution in [1.82, 2.24) is 35.5 Å². The summed E-state index contributed by atoms with van der Waals surface area (Å²) in [6.07, 6.45) is 17.4. The van der Waals surface area contributed by atoms with Crippen LogP contribution in [-0.4, -0.2) is 115 Å². The second kappa shape index (κ2) is 24.3. The number of carbonyl (C=O) groups is 4. The summed E-state index contributed by atoms with van der Waals surface area (Å²) in [5.74, 6) is 2.36. The van der Waals surface area contributed by atoms with Crippen molar-refractivity contribution in [3.63, 3.8) is 0 Å². The highest BCUT2D eigenvalue weighted by Gasteiger charge is 2.51. The Bertz CT molecular complexity index is 1700. The predicted octanol–water partition coefficient (Wildman–Crippen LogP) is 5.61. The molecule has 4 aliphatic rings. The summed E-state index contributed by atoms with van der Waals surface area (Å²) >= 11 is 0. The Kier molecular flexibility index (Phi) is 20.0. The Morgan fingerprint density at radius 3 is 2.17 bits per heavy atom. The van der Waals surface area contributed by atoms with Crippen LogP contribution in [0.15, 0.2) is 36.7 Å². The molecule has 2 bridgehead atoms. The molecule has 3 aliphatic carbocycles. The molecule has 59 heavy (non-hydrogen) atoms. The van der Waals surface area contributed by atoms with Crippen molar-refractivity contribution < 1.29 is 38.5 Å². The third-order valence-electron chi connectivity index (χ3n) is 12.0. The Morgan fingerprint density at radius 1 is 0.983 bits per heavy atom. The molecule has 2 aromatic heterocycles. The maximum atomic E-state index is 11.6. The molecule has 7 rings (SSSR count). The summed E-state index contributed by atoms with van der Waals surface area (Å²) in [4.78, 5) is 61.3. The first-order valence-corrected chi connectivity index (χ1v) is 20.7. The van der Waals surface area contributed by atoms with E-state index in [1.165, 1.54) is 102 Å². The number of hydrogen-bond donors (Lipinski definition) is 6. The minimum atomic E-state index is -0.745. The second-order valence-corrected chi connectivity index (χ2v) is 15.5. The second-order valence-electron chi connectivity index (χ2n) is 15.5. The molecule has 1 aliphatic heterocycles. The van der Waals surface area contributed by atoms with Crippen LogP contribution in [0.2, 0.25) is 0 Å². The number of carbonyl (C=O) groups excluding carboxylic acids is 4. The summed E-state index contributed by atoms with van der Waals surface area (Å²) in [6.45, 7) is 5.63. The number of unbranched alkanes of at least 4 members (excludes halogenated alkanes) is 1. The highest BCUT2D eigenvalue weighted by Crippen LogP contribution is 2.58.